The van der Waals surface area contributed by atoms with E-state index in [2.05, 4.69) is 35.4 Å². The van der Waals surface area contributed by atoms with Crippen LogP contribution in [0.3, 0.4) is 0 Å². The fourth-order valence-electron chi connectivity index (χ4n) is 7.41. The number of nitrogens with one attached hydrogen (secondary N) is 1. The van der Waals surface area contributed by atoms with E-state index in [1.54, 1.807) is 28.1 Å². The summed E-state index contributed by atoms with van der Waals surface area (Å²) in [6.45, 7) is 3.24. The number of aromatic nitrogens is 2. The number of halogens is 7. The van der Waals surface area contributed by atoms with Crippen LogP contribution in [0, 0.1) is 34.9 Å². The van der Waals surface area contributed by atoms with Gasteiger partial charge in [-0.05, 0) is 26.0 Å². The highest BCUT2D eigenvalue weighted by atomic mass is 35.7. The zero-order valence-corrected chi connectivity index (χ0v) is 37.3. The van der Waals surface area contributed by atoms with Gasteiger partial charge in [0.05, 0.1) is 12.5 Å². The van der Waals surface area contributed by atoms with Gasteiger partial charge in [0.25, 0.3) is 0 Å². The molecule has 2 fully saturated rings. The number of amidine groups is 2. The number of ketones is 2. The molecule has 3 N–H and O–H groups in total. The number of nitrogens with two attached hydrogens (primary N) is 1. The van der Waals surface area contributed by atoms with Crippen LogP contribution >= 0.6 is 33.4 Å². The molecule has 14 nitrogen and oxygen atoms in total. The average molecular weight is 977 g/mol. The van der Waals surface area contributed by atoms with Crippen LogP contribution < -0.4 is 10.5 Å². The number of fused-ring (bicyclic) bond motifs is 2. The van der Waals surface area contributed by atoms with Gasteiger partial charge in [0.15, 0.2) is 68.2 Å². The van der Waals surface area contributed by atoms with E-state index in [0.29, 0.717) is 46.0 Å². The summed E-state index contributed by atoms with van der Waals surface area (Å²) in [6, 6.07) is 0.691. The SMILES string of the molecule is CC(=O)C1=C2C[C@H](N)CN2C(c2nccs2)=N[C@H]1c1ccc(F)c(F)c1F.CC(=O)C1=C2C[C@H](NS(C)(=O)=O)CN2C(c2nccs2)=N[C@H]1c1ccc(F)c(F)c1F.CS(=O)(=O)Cl. The molecule has 4 aliphatic rings. The molecule has 0 amide bonds. The van der Waals surface area contributed by atoms with Crippen molar-refractivity contribution in [1.29, 1.82) is 0 Å². The van der Waals surface area contributed by atoms with Crippen LogP contribution in [-0.2, 0) is 28.7 Å². The van der Waals surface area contributed by atoms with Gasteiger partial charge in [0, 0.05) is 106 Å². The molecule has 336 valence electrons. The molecular formula is C38H35ClF6N8O6S4. The lowest BCUT2D eigenvalue weighted by Crippen LogP contribution is -2.39. The topological polar surface area (TPSA) is 197 Å². The Hall–Kier alpha value is -4.85. The molecule has 8 rings (SSSR count). The molecule has 4 aromatic rings. The average Bonchev–Trinajstić information content (AvgIpc) is 4.02. The fourth-order valence-corrected chi connectivity index (χ4v) is 9.46. The molecule has 6 heterocycles. The normalized spacial score (nSPS) is 20.9. The van der Waals surface area contributed by atoms with Gasteiger partial charge in [0.2, 0.25) is 19.1 Å². The number of rotatable bonds is 8. The van der Waals surface area contributed by atoms with Crippen LogP contribution in [0.4, 0.5) is 26.3 Å². The van der Waals surface area contributed by atoms with Gasteiger partial charge in [-0.3, -0.25) is 19.6 Å². The molecular weight excluding hydrogens is 942 g/mol. The maximum Gasteiger partial charge on any atom is 0.229 e. The van der Waals surface area contributed by atoms with Crippen molar-refractivity contribution in [2.45, 2.75) is 50.9 Å². The standard InChI is InChI=1S/C19H17F3N4O3S2.C18H15F3N4OS.CH3ClO2S/c1-9(27)14-13-7-10(25-31(2,28)29)8-26(13)18(19-23-5-6-30-19)24-17(14)11-3-4-12(20)16(22)15(11)21;1-8(26)13-12-6-9(22)7-25(12)17(18-23-4-5-27-18)24-16(13)10-2-3-11(19)15(21)14(10)20;1-5(2,3)4/h3-6,10,17,25H,7-8H2,1-2H3;2-5,9,16H,6-7,22H2,1H3;1H3/t10-,17-;9-,16-;/m00./s1. The number of nitrogens with zero attached hydrogens (tertiary/aromatic N) is 6. The predicted octanol–water partition coefficient (Wildman–Crippen LogP) is 5.65. The van der Waals surface area contributed by atoms with Crippen LogP contribution in [0.25, 0.3) is 0 Å². The van der Waals surface area contributed by atoms with Crippen LogP contribution in [0.15, 0.2) is 79.9 Å². The monoisotopic (exact) mass is 976 g/mol. The second kappa shape index (κ2) is 18.7. The van der Waals surface area contributed by atoms with Gasteiger partial charge in [0.1, 0.15) is 12.1 Å². The molecule has 25 heteroatoms. The number of carbonyl (C=O) groups excluding carboxylic acids is 2. The van der Waals surface area contributed by atoms with E-state index in [1.165, 1.54) is 36.5 Å². The molecule has 0 unspecified atom stereocenters. The van der Waals surface area contributed by atoms with E-state index in [0.717, 1.165) is 36.8 Å². The minimum atomic E-state index is -3.53. The number of hydrogen-bond donors (Lipinski definition) is 2. The maximum atomic E-state index is 14.7. The molecule has 0 saturated carbocycles. The predicted molar refractivity (Wildman–Crippen MR) is 224 cm³/mol. The first-order chi connectivity index (χ1) is 29.4. The smallest absolute Gasteiger partial charge is 0.229 e. The van der Waals surface area contributed by atoms with E-state index in [1.807, 2.05) is 4.90 Å². The second-order valence-corrected chi connectivity index (χ2v) is 21.0. The number of hydrogen-bond acceptors (Lipinski definition) is 15. The third-order valence-corrected chi connectivity index (χ3v) is 12.0. The van der Waals surface area contributed by atoms with Gasteiger partial charge < -0.3 is 15.5 Å². The van der Waals surface area contributed by atoms with E-state index in [9.17, 15) is 52.8 Å². The van der Waals surface area contributed by atoms with E-state index >= 15 is 0 Å². The van der Waals surface area contributed by atoms with E-state index in [-0.39, 0.29) is 47.1 Å². The summed E-state index contributed by atoms with van der Waals surface area (Å²) in [5.41, 5.74) is 7.03. The lowest BCUT2D eigenvalue weighted by atomic mass is 9.91. The van der Waals surface area contributed by atoms with Crippen molar-refractivity contribution in [3.8, 4) is 0 Å². The van der Waals surface area contributed by atoms with Gasteiger partial charge in [-0.15, -0.1) is 22.7 Å². The summed E-state index contributed by atoms with van der Waals surface area (Å²) in [4.78, 5) is 46.0. The first-order valence-corrected chi connectivity index (χ1v) is 24.7. The highest BCUT2D eigenvalue weighted by Gasteiger charge is 2.43. The Morgan fingerprint density at radius 2 is 1.13 bits per heavy atom. The highest BCUT2D eigenvalue weighted by Crippen LogP contribution is 2.43. The molecule has 0 radical (unpaired) electrons. The highest BCUT2D eigenvalue weighted by molar-refractivity contribution is 8.13. The number of aliphatic imine (C=N–C) groups is 2. The van der Waals surface area contributed by atoms with Gasteiger partial charge >= 0.3 is 0 Å². The van der Waals surface area contributed by atoms with Crippen molar-refractivity contribution in [3.63, 3.8) is 0 Å². The van der Waals surface area contributed by atoms with Crippen LogP contribution in [0.2, 0.25) is 0 Å². The number of Topliss-reactive ketones (excluding diaryl/α,β-unsaturated/α-hetero) is 2. The molecule has 2 saturated heterocycles. The van der Waals surface area contributed by atoms with Crippen LogP contribution in [0.5, 0.6) is 0 Å². The Bertz CT molecular complexity index is 2820. The zero-order chi connectivity index (χ0) is 46.3. The molecule has 0 spiro atoms. The summed E-state index contributed by atoms with van der Waals surface area (Å²) in [5.74, 6) is -8.65. The van der Waals surface area contributed by atoms with Gasteiger partial charge in [-0.25, -0.2) is 57.9 Å². The fraction of sp³-hybridized carbons (Fsp3) is 0.316. The number of sulfonamides is 1. The summed E-state index contributed by atoms with van der Waals surface area (Å²) >= 11 is 2.59. The van der Waals surface area contributed by atoms with Crippen molar-refractivity contribution in [3.05, 3.63) is 126 Å². The minimum absolute atomic E-state index is 0.100. The molecule has 0 bridgehead atoms. The summed E-state index contributed by atoms with van der Waals surface area (Å²) in [5, 5.41) is 4.52. The van der Waals surface area contributed by atoms with Crippen molar-refractivity contribution in [1.82, 2.24) is 24.5 Å². The lowest BCUT2D eigenvalue weighted by Gasteiger charge is -2.31. The first kappa shape index (κ1) is 47.6. The Morgan fingerprint density at radius 1 is 0.714 bits per heavy atom. The summed E-state index contributed by atoms with van der Waals surface area (Å²) in [7, 11) is -2.22. The van der Waals surface area contributed by atoms with Crippen LogP contribution in [0.1, 0.15) is 59.9 Å². The van der Waals surface area contributed by atoms with E-state index in [4.69, 9.17) is 5.73 Å². The Labute approximate surface area is 369 Å². The molecule has 0 aliphatic carbocycles. The third-order valence-electron chi connectivity index (χ3n) is 9.66. The number of benzene rings is 2. The quantitative estimate of drug-likeness (QED) is 0.126. The molecule has 63 heavy (non-hydrogen) atoms. The number of carbonyl (C=O) groups is 2. The first-order valence-electron chi connectivity index (χ1n) is 18.3. The number of thiazole rings is 2. The Kier molecular flexibility index (Phi) is 14.1. The summed E-state index contributed by atoms with van der Waals surface area (Å²) < 4.78 is 129. The molecule has 4 atom stereocenters. The molecule has 2 aromatic heterocycles. The Balaban J connectivity index is 0.000000191. The lowest BCUT2D eigenvalue weighted by molar-refractivity contribution is -0.114. The largest absolute Gasteiger partial charge is 0.326 e. The van der Waals surface area contributed by atoms with E-state index < -0.39 is 77.9 Å². The zero-order valence-electron chi connectivity index (χ0n) is 33.2. The Morgan fingerprint density at radius 3 is 1.51 bits per heavy atom. The van der Waals surface area contributed by atoms with Crippen LogP contribution in [-0.4, -0.2) is 97.5 Å². The second-order valence-electron chi connectivity index (χ2n) is 14.4. The van der Waals surface area contributed by atoms with Gasteiger partial charge in [-0.2, -0.15) is 0 Å². The van der Waals surface area contributed by atoms with Crippen molar-refractivity contribution >= 4 is 75.7 Å². The maximum absolute atomic E-state index is 14.7. The van der Waals surface area contributed by atoms with Crippen molar-refractivity contribution < 1.29 is 52.8 Å². The summed E-state index contributed by atoms with van der Waals surface area (Å²) in [6.07, 6.45) is 5.65. The molecule has 4 aliphatic heterocycles. The molecule has 2 aromatic carbocycles. The van der Waals surface area contributed by atoms with Crippen molar-refractivity contribution in [2.24, 2.45) is 15.7 Å². The van der Waals surface area contributed by atoms with Crippen molar-refractivity contribution in [2.75, 3.05) is 25.6 Å². The van der Waals surface area contributed by atoms with Gasteiger partial charge in [-0.1, -0.05) is 12.1 Å². The third kappa shape index (κ3) is 10.6. The minimum Gasteiger partial charge on any atom is -0.326 e.